The molecule has 0 bridgehead atoms. The third-order valence-corrected chi connectivity index (χ3v) is 10.2. The van der Waals surface area contributed by atoms with Crippen molar-refractivity contribution in [1.82, 2.24) is 9.55 Å². The molecule has 0 unspecified atom stereocenters. The molecule has 3 nitrogen and oxygen atoms in total. The standard InChI is InChI=1S/C25H26N2OSi.C14H11B/c1-2-19-28-23-13-15-24(16-14-23)29-25(27-18-17-26-20-27,21-9-5-3-6-10-21)22-11-7-4-8-12-22;15-11-14(12-7-3-1-4-8-12)13-9-5-2-6-10-13/h3-18,20H,2,19,29H2,1H3;1-11H. The maximum absolute atomic E-state index is 5.78. The molecule has 0 fully saturated rings. The van der Waals surface area contributed by atoms with E-state index in [-0.39, 0.29) is 5.16 Å². The number of hydrogen-bond donors (Lipinski definition) is 0. The van der Waals surface area contributed by atoms with E-state index in [4.69, 9.17) is 12.6 Å². The minimum absolute atomic E-state index is 0.245. The highest BCUT2D eigenvalue weighted by Gasteiger charge is 2.36. The largest absolute Gasteiger partial charge is 0.494 e. The van der Waals surface area contributed by atoms with Crippen LogP contribution in [0.4, 0.5) is 0 Å². The van der Waals surface area contributed by atoms with E-state index >= 15 is 0 Å². The Kier molecular flexibility index (Phi) is 10.8. The SMILES string of the molecule is CCCOc1ccc([SiH2]C(c2ccccc2)(c2ccccc2)n2ccnc2)cc1.[B]C=C(c1ccccc1)c1ccccc1. The van der Waals surface area contributed by atoms with Gasteiger partial charge in [0.1, 0.15) is 13.6 Å². The molecule has 0 atom stereocenters. The van der Waals surface area contributed by atoms with E-state index in [0.717, 1.165) is 35.5 Å². The van der Waals surface area contributed by atoms with Gasteiger partial charge < -0.3 is 9.30 Å². The van der Waals surface area contributed by atoms with Crippen LogP contribution in [0.1, 0.15) is 35.6 Å². The van der Waals surface area contributed by atoms with Crippen molar-refractivity contribution in [2.24, 2.45) is 0 Å². The molecular formula is C39H37BN2OSi. The second-order valence-corrected chi connectivity index (χ2v) is 12.7. The van der Waals surface area contributed by atoms with Gasteiger partial charge in [-0.2, -0.15) is 0 Å². The van der Waals surface area contributed by atoms with E-state index in [9.17, 15) is 0 Å². The van der Waals surface area contributed by atoms with Crippen molar-refractivity contribution in [1.29, 1.82) is 0 Å². The van der Waals surface area contributed by atoms with E-state index in [1.165, 1.54) is 16.3 Å². The molecule has 0 aliphatic rings. The molecule has 216 valence electrons. The second-order valence-electron chi connectivity index (χ2n) is 10.5. The first-order valence-electron chi connectivity index (χ1n) is 15.1. The highest BCUT2D eigenvalue weighted by molar-refractivity contribution is 6.57. The summed E-state index contributed by atoms with van der Waals surface area (Å²) in [7, 11) is 4.84. The van der Waals surface area contributed by atoms with Crippen LogP contribution in [0.15, 0.2) is 170 Å². The number of imidazole rings is 1. The van der Waals surface area contributed by atoms with Crippen molar-refractivity contribution in [3.8, 4) is 5.75 Å². The second kappa shape index (κ2) is 15.6. The quantitative estimate of drug-likeness (QED) is 0.159. The Labute approximate surface area is 265 Å². The lowest BCUT2D eigenvalue weighted by molar-refractivity contribution is 0.317. The van der Waals surface area contributed by atoms with Crippen molar-refractivity contribution in [3.63, 3.8) is 0 Å². The van der Waals surface area contributed by atoms with Gasteiger partial charge in [0.2, 0.25) is 0 Å². The van der Waals surface area contributed by atoms with Crippen molar-refractivity contribution in [2.45, 2.75) is 18.5 Å². The molecule has 0 aliphatic heterocycles. The zero-order valence-corrected chi connectivity index (χ0v) is 26.6. The molecule has 5 heteroatoms. The number of hydrogen-bond acceptors (Lipinski definition) is 2. The Bertz CT molecular complexity index is 1610. The Balaban J connectivity index is 0.000000215. The Morgan fingerprint density at radius 3 is 1.66 bits per heavy atom. The van der Waals surface area contributed by atoms with Crippen molar-refractivity contribution < 1.29 is 4.74 Å². The molecule has 5 aromatic carbocycles. The summed E-state index contributed by atoms with van der Waals surface area (Å²) in [5.74, 6) is 2.60. The van der Waals surface area contributed by atoms with Gasteiger partial charge in [-0.15, -0.1) is 5.98 Å². The summed E-state index contributed by atoms with van der Waals surface area (Å²) >= 11 is 0. The third kappa shape index (κ3) is 7.36. The Morgan fingerprint density at radius 1 is 0.727 bits per heavy atom. The average Bonchev–Trinajstić information content (AvgIpc) is 3.65. The van der Waals surface area contributed by atoms with Gasteiger partial charge >= 0.3 is 0 Å². The summed E-state index contributed by atoms with van der Waals surface area (Å²) in [5.41, 5.74) is 5.94. The first kappa shape index (κ1) is 30.6. The van der Waals surface area contributed by atoms with Crippen LogP contribution in [0.2, 0.25) is 0 Å². The number of aromatic nitrogens is 2. The summed E-state index contributed by atoms with van der Waals surface area (Å²) in [5, 5.41) is 1.14. The van der Waals surface area contributed by atoms with E-state index in [1.807, 2.05) is 48.9 Å². The van der Waals surface area contributed by atoms with Crippen LogP contribution in [-0.2, 0) is 5.16 Å². The Morgan fingerprint density at radius 2 is 1.23 bits per heavy atom. The van der Waals surface area contributed by atoms with E-state index < -0.39 is 9.52 Å². The minimum Gasteiger partial charge on any atom is -0.494 e. The molecule has 0 amide bonds. The molecule has 2 radical (unpaired) electrons. The highest BCUT2D eigenvalue weighted by Crippen LogP contribution is 2.33. The molecule has 0 saturated carbocycles. The monoisotopic (exact) mass is 588 g/mol. The molecular weight excluding hydrogens is 551 g/mol. The van der Waals surface area contributed by atoms with Gasteiger partial charge in [0.25, 0.3) is 0 Å². The summed E-state index contributed by atoms with van der Waals surface area (Å²) in [6.45, 7) is 2.88. The third-order valence-electron chi connectivity index (χ3n) is 7.64. The summed E-state index contributed by atoms with van der Waals surface area (Å²) in [4.78, 5) is 4.39. The van der Waals surface area contributed by atoms with Gasteiger partial charge in [-0.3, -0.25) is 0 Å². The number of nitrogens with zero attached hydrogens (tertiary/aromatic N) is 2. The molecule has 1 heterocycles. The van der Waals surface area contributed by atoms with Gasteiger partial charge in [-0.05, 0) is 46.4 Å². The number of rotatable bonds is 10. The fourth-order valence-corrected chi connectivity index (χ4v) is 7.80. The average molecular weight is 589 g/mol. The smallest absolute Gasteiger partial charge is 0.119 e. The van der Waals surface area contributed by atoms with E-state index in [0.29, 0.717) is 0 Å². The van der Waals surface area contributed by atoms with Crippen molar-refractivity contribution in [3.05, 3.63) is 193 Å². The fraction of sp³-hybridized carbons (Fsp3) is 0.103. The minimum atomic E-state index is -0.838. The van der Waals surface area contributed by atoms with Crippen LogP contribution in [0.5, 0.6) is 5.75 Å². The zero-order valence-electron chi connectivity index (χ0n) is 25.2. The normalized spacial score (nSPS) is 11.0. The topological polar surface area (TPSA) is 27.1 Å². The van der Waals surface area contributed by atoms with Gasteiger partial charge in [-0.1, -0.05) is 146 Å². The summed E-state index contributed by atoms with van der Waals surface area (Å²) in [6.07, 6.45) is 6.93. The van der Waals surface area contributed by atoms with Crippen molar-refractivity contribution >= 4 is 28.1 Å². The van der Waals surface area contributed by atoms with Gasteiger partial charge in [0.05, 0.1) is 27.6 Å². The Hall–Kier alpha value is -4.87. The maximum Gasteiger partial charge on any atom is 0.119 e. The number of ether oxygens (including phenoxy) is 1. The summed E-state index contributed by atoms with van der Waals surface area (Å²) < 4.78 is 8.07. The lowest BCUT2D eigenvalue weighted by Gasteiger charge is -2.37. The lowest BCUT2D eigenvalue weighted by Crippen LogP contribution is -2.46. The maximum atomic E-state index is 5.78. The molecule has 0 aliphatic carbocycles. The fourth-order valence-electron chi connectivity index (χ4n) is 5.49. The predicted molar refractivity (Wildman–Crippen MR) is 187 cm³/mol. The molecule has 0 spiro atoms. The van der Waals surface area contributed by atoms with Crippen LogP contribution in [-0.4, -0.2) is 33.5 Å². The van der Waals surface area contributed by atoms with E-state index in [2.05, 4.69) is 132 Å². The van der Waals surface area contributed by atoms with Gasteiger partial charge in [-0.25, -0.2) is 4.98 Å². The predicted octanol–water partition coefficient (Wildman–Crippen LogP) is 7.16. The molecule has 44 heavy (non-hydrogen) atoms. The van der Waals surface area contributed by atoms with Crippen LogP contribution in [0.3, 0.4) is 0 Å². The highest BCUT2D eigenvalue weighted by atomic mass is 28.2. The van der Waals surface area contributed by atoms with E-state index in [1.54, 1.807) is 5.98 Å². The molecule has 0 saturated heterocycles. The number of benzene rings is 5. The molecule has 1 aromatic heterocycles. The van der Waals surface area contributed by atoms with Crippen molar-refractivity contribution in [2.75, 3.05) is 6.61 Å². The van der Waals surface area contributed by atoms with Crippen LogP contribution in [0.25, 0.3) is 5.57 Å². The first-order chi connectivity index (χ1) is 21.7. The van der Waals surface area contributed by atoms with Crippen LogP contribution in [0, 0.1) is 0 Å². The molecule has 6 rings (SSSR count). The lowest BCUT2D eigenvalue weighted by atomic mass is 9.92. The van der Waals surface area contributed by atoms with Gasteiger partial charge in [0, 0.05) is 12.4 Å². The first-order valence-corrected chi connectivity index (χ1v) is 16.5. The zero-order chi connectivity index (χ0) is 30.5. The molecule has 0 N–H and O–H groups in total. The van der Waals surface area contributed by atoms with Crippen LogP contribution >= 0.6 is 0 Å². The van der Waals surface area contributed by atoms with Gasteiger partial charge in [0.15, 0.2) is 0 Å². The summed E-state index contributed by atoms with van der Waals surface area (Å²) in [6, 6.07) is 50.6. The molecule has 6 aromatic rings. The van der Waals surface area contributed by atoms with Crippen LogP contribution < -0.4 is 9.92 Å².